The number of aliphatic hydroxyl groups is 2. The van der Waals surface area contributed by atoms with E-state index in [1.807, 2.05) is 27.7 Å². The fraction of sp³-hybridized carbons (Fsp3) is 1.00. The first-order valence-corrected chi connectivity index (χ1v) is 6.59. The van der Waals surface area contributed by atoms with E-state index < -0.39 is 11.2 Å². The highest BCUT2D eigenvalue weighted by atomic mass is 16.3. The van der Waals surface area contributed by atoms with Crippen molar-refractivity contribution in [3.05, 3.63) is 0 Å². The molecule has 0 saturated heterocycles. The standard InChI is InChI=1S/C14H30O2/c1-6-12(11-14(4,5)16)9-7-8-10-13(2,3)15/h12,15-16H,6-11H2,1-5H3. The lowest BCUT2D eigenvalue weighted by Crippen LogP contribution is -2.23. The van der Waals surface area contributed by atoms with E-state index in [4.69, 9.17) is 0 Å². The maximum Gasteiger partial charge on any atom is 0.0594 e. The zero-order chi connectivity index (χ0) is 12.8. The maximum absolute atomic E-state index is 9.76. The lowest BCUT2D eigenvalue weighted by molar-refractivity contribution is 0.0476. The predicted octanol–water partition coefficient (Wildman–Crippen LogP) is 3.50. The Labute approximate surface area is 101 Å². The van der Waals surface area contributed by atoms with Gasteiger partial charge in [0.05, 0.1) is 11.2 Å². The molecule has 0 aromatic carbocycles. The Balaban J connectivity index is 3.72. The van der Waals surface area contributed by atoms with Crippen molar-refractivity contribution in [1.82, 2.24) is 0 Å². The molecule has 98 valence electrons. The minimum absolute atomic E-state index is 0.530. The molecule has 0 bridgehead atoms. The van der Waals surface area contributed by atoms with Gasteiger partial charge in [0.15, 0.2) is 0 Å². The van der Waals surface area contributed by atoms with Crippen molar-refractivity contribution >= 4 is 0 Å². The van der Waals surface area contributed by atoms with Gasteiger partial charge in [-0.2, -0.15) is 0 Å². The summed E-state index contributed by atoms with van der Waals surface area (Å²) in [5.74, 6) is 0.613. The van der Waals surface area contributed by atoms with Crippen LogP contribution >= 0.6 is 0 Å². The van der Waals surface area contributed by atoms with E-state index in [1.54, 1.807) is 0 Å². The average molecular weight is 230 g/mol. The second kappa shape index (κ2) is 6.61. The van der Waals surface area contributed by atoms with Crippen LogP contribution in [0.2, 0.25) is 0 Å². The molecule has 0 spiro atoms. The van der Waals surface area contributed by atoms with Crippen molar-refractivity contribution in [2.75, 3.05) is 0 Å². The molecule has 0 aliphatic heterocycles. The van der Waals surface area contributed by atoms with Crippen molar-refractivity contribution < 1.29 is 10.2 Å². The summed E-state index contributed by atoms with van der Waals surface area (Å²) in [6.45, 7) is 9.67. The van der Waals surface area contributed by atoms with Gasteiger partial charge < -0.3 is 10.2 Å². The molecule has 2 heteroatoms. The Morgan fingerprint density at radius 1 is 0.938 bits per heavy atom. The highest BCUT2D eigenvalue weighted by Crippen LogP contribution is 2.24. The van der Waals surface area contributed by atoms with Crippen LogP contribution in [0.15, 0.2) is 0 Å². The first-order valence-electron chi connectivity index (χ1n) is 6.59. The monoisotopic (exact) mass is 230 g/mol. The summed E-state index contributed by atoms with van der Waals surface area (Å²) in [6.07, 6.45) is 6.27. The molecule has 2 N–H and O–H groups in total. The van der Waals surface area contributed by atoms with Crippen molar-refractivity contribution in [3.8, 4) is 0 Å². The van der Waals surface area contributed by atoms with Crippen LogP contribution in [0.3, 0.4) is 0 Å². The Hall–Kier alpha value is -0.0800. The average Bonchev–Trinajstić information content (AvgIpc) is 2.06. The summed E-state index contributed by atoms with van der Waals surface area (Å²) in [6, 6.07) is 0. The van der Waals surface area contributed by atoms with Gasteiger partial charge in [0.1, 0.15) is 0 Å². The molecule has 0 aliphatic carbocycles. The quantitative estimate of drug-likeness (QED) is 0.626. The summed E-state index contributed by atoms with van der Waals surface area (Å²) >= 11 is 0. The van der Waals surface area contributed by atoms with Crippen molar-refractivity contribution in [1.29, 1.82) is 0 Å². The third-order valence-corrected chi connectivity index (χ3v) is 3.02. The third kappa shape index (κ3) is 10.4. The molecule has 1 atom stereocenters. The zero-order valence-electron chi connectivity index (χ0n) is 11.7. The van der Waals surface area contributed by atoms with Gasteiger partial charge in [-0.3, -0.25) is 0 Å². The van der Waals surface area contributed by atoms with Gasteiger partial charge >= 0.3 is 0 Å². The van der Waals surface area contributed by atoms with Crippen molar-refractivity contribution in [2.24, 2.45) is 5.92 Å². The van der Waals surface area contributed by atoms with E-state index in [-0.39, 0.29) is 0 Å². The Morgan fingerprint density at radius 3 is 1.88 bits per heavy atom. The van der Waals surface area contributed by atoms with E-state index in [1.165, 1.54) is 0 Å². The van der Waals surface area contributed by atoms with Crippen LogP contribution in [0, 0.1) is 5.92 Å². The summed E-state index contributed by atoms with van der Waals surface area (Å²) < 4.78 is 0. The molecule has 0 aromatic heterocycles. The van der Waals surface area contributed by atoms with E-state index >= 15 is 0 Å². The maximum atomic E-state index is 9.76. The van der Waals surface area contributed by atoms with E-state index in [9.17, 15) is 10.2 Å². The second-order valence-corrected chi connectivity index (χ2v) is 6.35. The normalized spacial score (nSPS) is 15.2. The summed E-state index contributed by atoms with van der Waals surface area (Å²) in [7, 11) is 0. The molecule has 0 aromatic rings. The molecule has 0 aliphatic rings. The van der Waals surface area contributed by atoms with Gasteiger partial charge in [-0.15, -0.1) is 0 Å². The first-order chi connectivity index (χ1) is 7.14. The Bertz CT molecular complexity index is 174. The molecule has 0 rings (SSSR count). The zero-order valence-corrected chi connectivity index (χ0v) is 11.7. The topological polar surface area (TPSA) is 40.5 Å². The number of rotatable bonds is 8. The Kier molecular flexibility index (Phi) is 6.57. The van der Waals surface area contributed by atoms with Crippen LogP contribution in [-0.2, 0) is 0 Å². The van der Waals surface area contributed by atoms with E-state index in [2.05, 4.69) is 6.92 Å². The SMILES string of the molecule is CCC(CCCCC(C)(C)O)CC(C)(C)O. The van der Waals surface area contributed by atoms with Crippen LogP contribution in [0.5, 0.6) is 0 Å². The molecule has 2 nitrogen and oxygen atoms in total. The summed E-state index contributed by atoms with van der Waals surface area (Å²) in [5.41, 5.74) is -1.07. The highest BCUT2D eigenvalue weighted by Gasteiger charge is 2.19. The van der Waals surface area contributed by atoms with Gasteiger partial charge in [0.2, 0.25) is 0 Å². The summed E-state index contributed by atoms with van der Waals surface area (Å²) in [5, 5.41) is 19.4. The first kappa shape index (κ1) is 15.9. The molecule has 0 heterocycles. The van der Waals surface area contributed by atoms with Crippen molar-refractivity contribution in [3.63, 3.8) is 0 Å². The molecule has 1 unspecified atom stereocenters. The van der Waals surface area contributed by atoms with Gasteiger partial charge in [-0.1, -0.05) is 32.6 Å². The number of hydrogen-bond donors (Lipinski definition) is 2. The van der Waals surface area contributed by atoms with E-state index in [0.29, 0.717) is 5.92 Å². The molecule has 0 radical (unpaired) electrons. The van der Waals surface area contributed by atoms with E-state index in [0.717, 1.165) is 38.5 Å². The summed E-state index contributed by atoms with van der Waals surface area (Å²) in [4.78, 5) is 0. The number of unbranched alkanes of at least 4 members (excludes halogenated alkanes) is 1. The van der Waals surface area contributed by atoms with Crippen LogP contribution < -0.4 is 0 Å². The largest absolute Gasteiger partial charge is 0.390 e. The minimum Gasteiger partial charge on any atom is -0.390 e. The fourth-order valence-electron chi connectivity index (χ4n) is 2.15. The van der Waals surface area contributed by atoms with Gasteiger partial charge in [-0.05, 0) is 46.5 Å². The second-order valence-electron chi connectivity index (χ2n) is 6.35. The molecule has 16 heavy (non-hydrogen) atoms. The third-order valence-electron chi connectivity index (χ3n) is 3.02. The van der Waals surface area contributed by atoms with Crippen LogP contribution in [0.1, 0.15) is 73.1 Å². The molecule has 0 amide bonds. The highest BCUT2D eigenvalue weighted by molar-refractivity contribution is 4.72. The predicted molar refractivity (Wildman–Crippen MR) is 69.5 cm³/mol. The smallest absolute Gasteiger partial charge is 0.0594 e. The Morgan fingerprint density at radius 2 is 1.50 bits per heavy atom. The molecular weight excluding hydrogens is 200 g/mol. The van der Waals surface area contributed by atoms with Gasteiger partial charge in [0, 0.05) is 0 Å². The van der Waals surface area contributed by atoms with Crippen LogP contribution in [0.4, 0.5) is 0 Å². The van der Waals surface area contributed by atoms with Crippen LogP contribution in [-0.4, -0.2) is 21.4 Å². The fourth-order valence-corrected chi connectivity index (χ4v) is 2.15. The molecule has 0 fully saturated rings. The lowest BCUT2D eigenvalue weighted by Gasteiger charge is -2.24. The lowest BCUT2D eigenvalue weighted by atomic mass is 9.87. The minimum atomic E-state index is -0.545. The molecule has 0 saturated carbocycles. The van der Waals surface area contributed by atoms with Gasteiger partial charge in [0.25, 0.3) is 0 Å². The van der Waals surface area contributed by atoms with Crippen LogP contribution in [0.25, 0.3) is 0 Å². The van der Waals surface area contributed by atoms with Gasteiger partial charge in [-0.25, -0.2) is 0 Å². The number of hydrogen-bond acceptors (Lipinski definition) is 2. The van der Waals surface area contributed by atoms with Crippen molar-refractivity contribution in [2.45, 2.75) is 84.3 Å². The molecular formula is C14H30O2.